The van der Waals surface area contributed by atoms with Crippen molar-refractivity contribution in [1.29, 1.82) is 0 Å². The van der Waals surface area contributed by atoms with E-state index in [9.17, 15) is 8.78 Å². The van der Waals surface area contributed by atoms with Crippen LogP contribution in [0.3, 0.4) is 0 Å². The minimum absolute atomic E-state index is 0.125. The Balaban J connectivity index is 2.13. The van der Waals surface area contributed by atoms with Crippen LogP contribution in [0.2, 0.25) is 5.02 Å². The lowest BCUT2D eigenvalue weighted by Crippen LogP contribution is -2.03. The number of aryl methyl sites for hydroxylation is 1. The Morgan fingerprint density at radius 1 is 1.15 bits per heavy atom. The molecular formula is C15H14ClF2NO. The summed E-state index contributed by atoms with van der Waals surface area (Å²) < 4.78 is 32.1. The third-order valence-electron chi connectivity index (χ3n) is 2.95. The van der Waals surface area contributed by atoms with E-state index in [4.69, 9.17) is 16.3 Å². The molecule has 0 fully saturated rings. The highest BCUT2D eigenvalue weighted by molar-refractivity contribution is 6.32. The van der Waals surface area contributed by atoms with E-state index >= 15 is 0 Å². The Labute approximate surface area is 121 Å². The van der Waals surface area contributed by atoms with Crippen LogP contribution in [0, 0.1) is 18.6 Å². The zero-order chi connectivity index (χ0) is 14.7. The first-order valence-corrected chi connectivity index (χ1v) is 6.41. The first-order chi connectivity index (χ1) is 9.51. The SMILES string of the molecule is COc1ccc(CNc2cc(F)c(C)cc2F)cc1Cl. The third kappa shape index (κ3) is 3.20. The predicted molar refractivity (Wildman–Crippen MR) is 76.4 cm³/mol. The summed E-state index contributed by atoms with van der Waals surface area (Å²) in [5.41, 5.74) is 1.25. The number of rotatable bonds is 4. The van der Waals surface area contributed by atoms with E-state index in [1.165, 1.54) is 20.1 Å². The summed E-state index contributed by atoms with van der Waals surface area (Å²) in [7, 11) is 1.53. The van der Waals surface area contributed by atoms with Crippen molar-refractivity contribution in [2.75, 3.05) is 12.4 Å². The van der Waals surface area contributed by atoms with Gasteiger partial charge < -0.3 is 10.1 Å². The Morgan fingerprint density at radius 2 is 1.90 bits per heavy atom. The molecule has 0 aliphatic rings. The van der Waals surface area contributed by atoms with Gasteiger partial charge in [0.2, 0.25) is 0 Å². The average molecular weight is 298 g/mol. The molecule has 106 valence electrons. The van der Waals surface area contributed by atoms with Gasteiger partial charge in [-0.1, -0.05) is 17.7 Å². The number of halogens is 3. The fourth-order valence-corrected chi connectivity index (χ4v) is 2.08. The van der Waals surface area contributed by atoms with Gasteiger partial charge in [-0.3, -0.25) is 0 Å². The van der Waals surface area contributed by atoms with Crippen molar-refractivity contribution in [3.05, 3.63) is 58.1 Å². The molecule has 0 saturated heterocycles. The molecule has 20 heavy (non-hydrogen) atoms. The quantitative estimate of drug-likeness (QED) is 0.894. The number of anilines is 1. The molecule has 0 aliphatic carbocycles. The lowest BCUT2D eigenvalue weighted by atomic mass is 10.2. The van der Waals surface area contributed by atoms with Gasteiger partial charge in [0.05, 0.1) is 17.8 Å². The van der Waals surface area contributed by atoms with E-state index in [1.54, 1.807) is 18.2 Å². The van der Waals surface area contributed by atoms with Gasteiger partial charge in [-0.15, -0.1) is 0 Å². The molecule has 0 bridgehead atoms. The van der Waals surface area contributed by atoms with Crippen molar-refractivity contribution in [1.82, 2.24) is 0 Å². The summed E-state index contributed by atoms with van der Waals surface area (Å²) in [6.45, 7) is 1.86. The molecule has 0 amide bonds. The maximum Gasteiger partial charge on any atom is 0.146 e. The van der Waals surface area contributed by atoms with Crippen molar-refractivity contribution < 1.29 is 13.5 Å². The summed E-state index contributed by atoms with van der Waals surface area (Å²) in [5, 5.41) is 3.32. The summed E-state index contributed by atoms with van der Waals surface area (Å²) >= 11 is 6.00. The summed E-state index contributed by atoms with van der Waals surface area (Å²) in [6, 6.07) is 7.57. The molecule has 0 radical (unpaired) electrons. The fraction of sp³-hybridized carbons (Fsp3) is 0.200. The first kappa shape index (κ1) is 14.6. The van der Waals surface area contributed by atoms with Crippen molar-refractivity contribution >= 4 is 17.3 Å². The number of benzene rings is 2. The van der Waals surface area contributed by atoms with E-state index < -0.39 is 11.6 Å². The number of hydrogen-bond acceptors (Lipinski definition) is 2. The normalized spacial score (nSPS) is 10.4. The standard InChI is InChI=1S/C15H14ClF2NO/c1-9-5-13(18)14(7-12(9)17)19-8-10-3-4-15(20-2)11(16)6-10/h3-7,19H,8H2,1-2H3. The molecule has 2 rings (SSSR count). The Morgan fingerprint density at radius 3 is 2.55 bits per heavy atom. The van der Waals surface area contributed by atoms with Crippen molar-refractivity contribution in [3.8, 4) is 5.75 Å². The van der Waals surface area contributed by atoms with Crippen LogP contribution in [0.5, 0.6) is 5.75 Å². The van der Waals surface area contributed by atoms with Crippen LogP contribution in [0.25, 0.3) is 0 Å². The first-order valence-electron chi connectivity index (χ1n) is 6.03. The molecule has 2 aromatic carbocycles. The van der Waals surface area contributed by atoms with Crippen molar-refractivity contribution in [2.24, 2.45) is 0 Å². The van der Waals surface area contributed by atoms with E-state index in [0.717, 1.165) is 11.6 Å². The molecule has 2 nitrogen and oxygen atoms in total. The second-order valence-electron chi connectivity index (χ2n) is 4.40. The summed E-state index contributed by atoms with van der Waals surface area (Å²) in [4.78, 5) is 0. The number of hydrogen-bond donors (Lipinski definition) is 1. The average Bonchev–Trinajstić information content (AvgIpc) is 2.41. The third-order valence-corrected chi connectivity index (χ3v) is 3.24. The van der Waals surface area contributed by atoms with Crippen LogP contribution >= 0.6 is 11.6 Å². The Kier molecular flexibility index (Phi) is 4.45. The Hall–Kier alpha value is -1.81. The molecule has 2 aromatic rings. The number of nitrogens with one attached hydrogen (secondary N) is 1. The molecule has 0 aliphatic heterocycles. The Bertz CT molecular complexity index is 632. The van der Waals surface area contributed by atoms with E-state index in [1.807, 2.05) is 0 Å². The fourth-order valence-electron chi connectivity index (χ4n) is 1.80. The second kappa shape index (κ2) is 6.09. The second-order valence-corrected chi connectivity index (χ2v) is 4.81. The van der Waals surface area contributed by atoms with Gasteiger partial charge >= 0.3 is 0 Å². The van der Waals surface area contributed by atoms with Gasteiger partial charge in [-0.25, -0.2) is 8.78 Å². The smallest absolute Gasteiger partial charge is 0.146 e. The highest BCUT2D eigenvalue weighted by Gasteiger charge is 2.07. The van der Waals surface area contributed by atoms with Gasteiger partial charge in [0, 0.05) is 12.6 Å². The molecule has 1 N–H and O–H groups in total. The van der Waals surface area contributed by atoms with Crippen LogP contribution in [0.4, 0.5) is 14.5 Å². The largest absolute Gasteiger partial charge is 0.495 e. The molecule has 0 heterocycles. The van der Waals surface area contributed by atoms with Crippen molar-refractivity contribution in [3.63, 3.8) is 0 Å². The molecule has 0 atom stereocenters. The van der Waals surface area contributed by atoms with Crippen LogP contribution in [0.1, 0.15) is 11.1 Å². The van der Waals surface area contributed by atoms with E-state index in [0.29, 0.717) is 17.3 Å². The molecule has 0 spiro atoms. The molecular weight excluding hydrogens is 284 g/mol. The zero-order valence-electron chi connectivity index (χ0n) is 11.1. The number of ether oxygens (including phenoxy) is 1. The highest BCUT2D eigenvalue weighted by Crippen LogP contribution is 2.26. The lowest BCUT2D eigenvalue weighted by Gasteiger charge is -2.10. The van der Waals surface area contributed by atoms with Gasteiger partial charge in [0.25, 0.3) is 0 Å². The topological polar surface area (TPSA) is 21.3 Å². The van der Waals surface area contributed by atoms with Crippen LogP contribution < -0.4 is 10.1 Å². The monoisotopic (exact) mass is 297 g/mol. The highest BCUT2D eigenvalue weighted by atomic mass is 35.5. The van der Waals surface area contributed by atoms with Gasteiger partial charge in [0.1, 0.15) is 17.4 Å². The maximum absolute atomic E-state index is 13.7. The summed E-state index contributed by atoms with van der Waals surface area (Å²) in [5.74, 6) is -0.354. The van der Waals surface area contributed by atoms with Gasteiger partial charge in [-0.2, -0.15) is 0 Å². The predicted octanol–water partition coefficient (Wildman–Crippen LogP) is 4.55. The van der Waals surface area contributed by atoms with Crippen LogP contribution in [-0.4, -0.2) is 7.11 Å². The number of methoxy groups -OCH3 is 1. The minimum Gasteiger partial charge on any atom is -0.495 e. The molecule has 5 heteroatoms. The zero-order valence-corrected chi connectivity index (χ0v) is 11.9. The van der Waals surface area contributed by atoms with E-state index in [2.05, 4.69) is 5.32 Å². The summed E-state index contributed by atoms with van der Waals surface area (Å²) in [6.07, 6.45) is 0. The molecule has 0 saturated carbocycles. The van der Waals surface area contributed by atoms with Crippen molar-refractivity contribution in [2.45, 2.75) is 13.5 Å². The molecule has 0 unspecified atom stereocenters. The maximum atomic E-state index is 13.7. The van der Waals surface area contributed by atoms with Gasteiger partial charge in [-0.05, 0) is 36.2 Å². The minimum atomic E-state index is -0.483. The van der Waals surface area contributed by atoms with Gasteiger partial charge in [0.15, 0.2) is 0 Å². The lowest BCUT2D eigenvalue weighted by molar-refractivity contribution is 0.415. The molecule has 0 aromatic heterocycles. The van der Waals surface area contributed by atoms with Crippen LogP contribution in [0.15, 0.2) is 30.3 Å². The van der Waals surface area contributed by atoms with E-state index in [-0.39, 0.29) is 11.3 Å². The van der Waals surface area contributed by atoms with Crippen LogP contribution in [-0.2, 0) is 6.54 Å².